The van der Waals surface area contributed by atoms with Gasteiger partial charge in [0.1, 0.15) is 5.52 Å². The van der Waals surface area contributed by atoms with Gasteiger partial charge in [-0.1, -0.05) is 12.5 Å². The number of aromatic nitrogens is 1. The second kappa shape index (κ2) is 4.39. The Morgan fingerprint density at radius 2 is 2.28 bits per heavy atom. The van der Waals surface area contributed by atoms with E-state index >= 15 is 0 Å². The van der Waals surface area contributed by atoms with Crippen molar-refractivity contribution in [3.63, 3.8) is 0 Å². The topological polar surface area (TPSA) is 63.3 Å². The molecule has 0 saturated heterocycles. The fraction of sp³-hybridized carbons (Fsp3) is 0.385. The second-order valence-electron chi connectivity index (χ2n) is 4.62. The average molecular weight is 310 g/mol. The Hall–Kier alpha value is -1.36. The summed E-state index contributed by atoms with van der Waals surface area (Å²) in [6.07, 6.45) is 2.46. The SMILES string of the molecule is O=C(O)C1CCCC1c1nc2cccc(Br)c2o1. The van der Waals surface area contributed by atoms with Crippen LogP contribution in [0.25, 0.3) is 11.1 Å². The minimum absolute atomic E-state index is 0.0956. The highest BCUT2D eigenvalue weighted by atomic mass is 79.9. The molecule has 0 aliphatic heterocycles. The maximum Gasteiger partial charge on any atom is 0.307 e. The predicted octanol–water partition coefficient (Wildman–Crippen LogP) is 3.56. The first-order chi connectivity index (χ1) is 8.66. The van der Waals surface area contributed by atoms with Crippen LogP contribution in [0, 0.1) is 5.92 Å². The van der Waals surface area contributed by atoms with Crippen molar-refractivity contribution in [1.82, 2.24) is 4.98 Å². The molecule has 94 valence electrons. The third-order valence-corrected chi connectivity index (χ3v) is 4.16. The Morgan fingerprint density at radius 3 is 3.00 bits per heavy atom. The van der Waals surface area contributed by atoms with Crippen molar-refractivity contribution in [3.05, 3.63) is 28.6 Å². The van der Waals surface area contributed by atoms with Gasteiger partial charge in [-0.3, -0.25) is 4.79 Å². The lowest BCUT2D eigenvalue weighted by atomic mass is 9.96. The van der Waals surface area contributed by atoms with Gasteiger partial charge in [0.15, 0.2) is 11.5 Å². The van der Waals surface area contributed by atoms with E-state index in [2.05, 4.69) is 20.9 Å². The van der Waals surface area contributed by atoms with E-state index in [1.807, 2.05) is 18.2 Å². The van der Waals surface area contributed by atoms with Gasteiger partial charge in [0, 0.05) is 5.92 Å². The summed E-state index contributed by atoms with van der Waals surface area (Å²) in [5.74, 6) is -0.653. The fourth-order valence-electron chi connectivity index (χ4n) is 2.64. The molecule has 4 nitrogen and oxygen atoms in total. The monoisotopic (exact) mass is 309 g/mol. The molecule has 0 radical (unpaired) electrons. The molecule has 0 amide bonds. The van der Waals surface area contributed by atoms with Gasteiger partial charge in [-0.2, -0.15) is 0 Å². The van der Waals surface area contributed by atoms with E-state index in [0.717, 1.165) is 22.8 Å². The summed E-state index contributed by atoms with van der Waals surface area (Å²) in [5.41, 5.74) is 1.47. The minimum Gasteiger partial charge on any atom is -0.481 e. The van der Waals surface area contributed by atoms with Crippen LogP contribution in [0.5, 0.6) is 0 Å². The van der Waals surface area contributed by atoms with E-state index in [1.54, 1.807) is 0 Å². The zero-order chi connectivity index (χ0) is 12.7. The van der Waals surface area contributed by atoms with Gasteiger partial charge in [0.25, 0.3) is 0 Å². The van der Waals surface area contributed by atoms with Gasteiger partial charge < -0.3 is 9.52 Å². The number of carbonyl (C=O) groups is 1. The van der Waals surface area contributed by atoms with Crippen molar-refractivity contribution < 1.29 is 14.3 Å². The molecule has 18 heavy (non-hydrogen) atoms. The largest absolute Gasteiger partial charge is 0.481 e. The summed E-state index contributed by atoms with van der Waals surface area (Å²) >= 11 is 3.41. The molecule has 1 aliphatic carbocycles. The number of benzene rings is 1. The normalized spacial score (nSPS) is 23.6. The highest BCUT2D eigenvalue weighted by molar-refractivity contribution is 9.10. The molecule has 0 spiro atoms. The van der Waals surface area contributed by atoms with Crippen molar-refractivity contribution in [2.24, 2.45) is 5.92 Å². The molecule has 1 saturated carbocycles. The number of nitrogens with zero attached hydrogens (tertiary/aromatic N) is 1. The van der Waals surface area contributed by atoms with E-state index in [1.165, 1.54) is 0 Å². The average Bonchev–Trinajstić information content (AvgIpc) is 2.95. The van der Waals surface area contributed by atoms with Gasteiger partial charge in [-0.25, -0.2) is 4.98 Å². The highest BCUT2D eigenvalue weighted by Gasteiger charge is 2.37. The van der Waals surface area contributed by atoms with Gasteiger partial charge >= 0.3 is 5.97 Å². The molecular weight excluding hydrogens is 298 g/mol. The number of hydrogen-bond donors (Lipinski definition) is 1. The number of carboxylic acid groups (broad SMARTS) is 1. The first-order valence-corrected chi connectivity index (χ1v) is 6.74. The summed E-state index contributed by atoms with van der Waals surface area (Å²) in [5, 5.41) is 9.20. The molecule has 1 fully saturated rings. The summed E-state index contributed by atoms with van der Waals surface area (Å²) < 4.78 is 6.59. The minimum atomic E-state index is -0.751. The Bertz CT molecular complexity index is 607. The van der Waals surface area contributed by atoms with E-state index < -0.39 is 5.97 Å². The number of oxazole rings is 1. The lowest BCUT2D eigenvalue weighted by Gasteiger charge is -2.10. The van der Waals surface area contributed by atoms with E-state index in [9.17, 15) is 9.90 Å². The summed E-state index contributed by atoms with van der Waals surface area (Å²) in [6.45, 7) is 0. The third-order valence-electron chi connectivity index (χ3n) is 3.53. The Balaban J connectivity index is 2.04. The first-order valence-electron chi connectivity index (χ1n) is 5.94. The van der Waals surface area contributed by atoms with Gasteiger partial charge in [0.2, 0.25) is 0 Å². The van der Waals surface area contributed by atoms with Crippen LogP contribution >= 0.6 is 15.9 Å². The van der Waals surface area contributed by atoms with Gasteiger partial charge in [0.05, 0.1) is 10.4 Å². The number of aliphatic carboxylic acids is 1. The quantitative estimate of drug-likeness (QED) is 0.921. The van der Waals surface area contributed by atoms with Gasteiger partial charge in [-0.05, 0) is 40.9 Å². The number of carboxylic acids is 1. The molecule has 1 aliphatic rings. The molecule has 1 heterocycles. The first kappa shape index (κ1) is 11.7. The maximum atomic E-state index is 11.2. The van der Waals surface area contributed by atoms with Gasteiger partial charge in [-0.15, -0.1) is 0 Å². The zero-order valence-electron chi connectivity index (χ0n) is 9.60. The summed E-state index contributed by atoms with van der Waals surface area (Å²) in [4.78, 5) is 15.6. The molecule has 2 unspecified atom stereocenters. The Labute approximate surface area is 112 Å². The molecule has 0 bridgehead atoms. The van der Waals surface area contributed by atoms with Crippen LogP contribution in [-0.4, -0.2) is 16.1 Å². The highest BCUT2D eigenvalue weighted by Crippen LogP contribution is 2.40. The number of rotatable bonds is 2. The number of hydrogen-bond acceptors (Lipinski definition) is 3. The van der Waals surface area contributed by atoms with Crippen molar-refractivity contribution in [2.75, 3.05) is 0 Å². The lowest BCUT2D eigenvalue weighted by molar-refractivity contribution is -0.142. The molecule has 1 N–H and O–H groups in total. The smallest absolute Gasteiger partial charge is 0.307 e. The summed E-state index contributed by atoms with van der Waals surface area (Å²) in [6, 6.07) is 5.65. The van der Waals surface area contributed by atoms with E-state index in [4.69, 9.17) is 4.42 Å². The zero-order valence-corrected chi connectivity index (χ0v) is 11.2. The fourth-order valence-corrected chi connectivity index (χ4v) is 3.08. The summed E-state index contributed by atoms with van der Waals surface area (Å²) in [7, 11) is 0. The third kappa shape index (κ3) is 1.82. The predicted molar refractivity (Wildman–Crippen MR) is 69.4 cm³/mol. The Morgan fingerprint density at radius 1 is 1.44 bits per heavy atom. The lowest BCUT2D eigenvalue weighted by Crippen LogP contribution is -2.16. The van der Waals surface area contributed by atoms with E-state index in [0.29, 0.717) is 17.9 Å². The standard InChI is InChI=1S/C13H12BrNO3/c14-9-5-2-6-10-11(9)18-12(15-10)7-3-1-4-8(7)13(16)17/h2,5-8H,1,3-4H2,(H,16,17). The molecule has 1 aromatic heterocycles. The van der Waals surface area contributed by atoms with Crippen molar-refractivity contribution in [3.8, 4) is 0 Å². The number of halogens is 1. The second-order valence-corrected chi connectivity index (χ2v) is 5.48. The molecular formula is C13H12BrNO3. The van der Waals surface area contributed by atoms with Crippen molar-refractivity contribution >= 4 is 33.0 Å². The Kier molecular flexibility index (Phi) is 2.86. The molecule has 3 rings (SSSR count). The molecule has 1 aromatic carbocycles. The molecule has 2 aromatic rings. The van der Waals surface area contributed by atoms with Crippen LogP contribution < -0.4 is 0 Å². The van der Waals surface area contributed by atoms with Crippen LogP contribution in [0.3, 0.4) is 0 Å². The number of fused-ring (bicyclic) bond motifs is 1. The van der Waals surface area contributed by atoms with Crippen LogP contribution in [0.15, 0.2) is 27.1 Å². The van der Waals surface area contributed by atoms with E-state index in [-0.39, 0.29) is 11.8 Å². The van der Waals surface area contributed by atoms with Crippen LogP contribution in [0.1, 0.15) is 31.1 Å². The van der Waals surface area contributed by atoms with Crippen LogP contribution in [0.2, 0.25) is 0 Å². The molecule has 5 heteroatoms. The van der Waals surface area contributed by atoms with Crippen molar-refractivity contribution in [1.29, 1.82) is 0 Å². The van der Waals surface area contributed by atoms with Crippen LogP contribution in [-0.2, 0) is 4.79 Å². The molecule has 2 atom stereocenters. The van der Waals surface area contributed by atoms with Crippen molar-refractivity contribution in [2.45, 2.75) is 25.2 Å². The van der Waals surface area contributed by atoms with Crippen LogP contribution in [0.4, 0.5) is 0 Å². The maximum absolute atomic E-state index is 11.2. The number of para-hydroxylation sites is 1.